The van der Waals surface area contributed by atoms with Gasteiger partial charge in [-0.2, -0.15) is 4.31 Å². The number of sulfonamides is 1. The van der Waals surface area contributed by atoms with E-state index in [4.69, 9.17) is 0 Å². The van der Waals surface area contributed by atoms with E-state index in [-0.39, 0.29) is 6.04 Å². The molecular formula is C13H19BrN2O2S. The predicted molar refractivity (Wildman–Crippen MR) is 79.6 cm³/mol. The molecule has 0 N–H and O–H groups in total. The standard InChI is InChI=1S/C13H19BrN2O2S/c1-15(2)10-12-6-4-8-16(12)19(17,18)13-7-3-5-11(14)9-13/h3,5,7,9,12H,4,6,8,10H2,1-2H3. The molecule has 1 aromatic carbocycles. The van der Waals surface area contributed by atoms with E-state index in [0.717, 1.165) is 23.9 Å². The van der Waals surface area contributed by atoms with Crippen LogP contribution in [0.25, 0.3) is 0 Å². The molecule has 106 valence electrons. The molecule has 0 aliphatic carbocycles. The van der Waals surface area contributed by atoms with E-state index >= 15 is 0 Å². The third-order valence-electron chi connectivity index (χ3n) is 3.30. The van der Waals surface area contributed by atoms with Gasteiger partial charge in [-0.05, 0) is 45.1 Å². The maximum atomic E-state index is 12.7. The first-order valence-electron chi connectivity index (χ1n) is 6.33. The number of halogens is 1. The van der Waals surface area contributed by atoms with E-state index in [0.29, 0.717) is 11.4 Å². The molecule has 0 bridgehead atoms. The van der Waals surface area contributed by atoms with Crippen molar-refractivity contribution in [2.75, 3.05) is 27.2 Å². The van der Waals surface area contributed by atoms with Crippen molar-refractivity contribution in [1.82, 2.24) is 9.21 Å². The van der Waals surface area contributed by atoms with E-state index < -0.39 is 10.0 Å². The van der Waals surface area contributed by atoms with Gasteiger partial charge in [-0.3, -0.25) is 0 Å². The summed E-state index contributed by atoms with van der Waals surface area (Å²) in [6, 6.07) is 7.00. The van der Waals surface area contributed by atoms with Crippen LogP contribution >= 0.6 is 15.9 Å². The van der Waals surface area contributed by atoms with Crippen LogP contribution in [0, 0.1) is 0 Å². The molecule has 1 aliphatic rings. The summed E-state index contributed by atoms with van der Waals surface area (Å²) in [7, 11) is 0.570. The van der Waals surface area contributed by atoms with E-state index in [1.165, 1.54) is 0 Å². The molecule has 19 heavy (non-hydrogen) atoms. The molecule has 1 saturated heterocycles. The first kappa shape index (κ1) is 15.0. The normalized spacial score (nSPS) is 21.2. The van der Waals surface area contributed by atoms with Crippen LogP contribution in [0.1, 0.15) is 12.8 Å². The van der Waals surface area contributed by atoms with Crippen molar-refractivity contribution in [2.24, 2.45) is 0 Å². The Labute approximate surface area is 123 Å². The van der Waals surface area contributed by atoms with Crippen molar-refractivity contribution in [3.05, 3.63) is 28.7 Å². The SMILES string of the molecule is CN(C)CC1CCCN1S(=O)(=O)c1cccc(Br)c1. The fraction of sp³-hybridized carbons (Fsp3) is 0.538. The van der Waals surface area contributed by atoms with Crippen LogP contribution in [-0.2, 0) is 10.0 Å². The average molecular weight is 347 g/mol. The zero-order chi connectivity index (χ0) is 14.0. The number of hydrogen-bond donors (Lipinski definition) is 0. The van der Waals surface area contributed by atoms with Crippen molar-refractivity contribution in [1.29, 1.82) is 0 Å². The molecule has 1 unspecified atom stereocenters. The average Bonchev–Trinajstić information content (AvgIpc) is 2.77. The van der Waals surface area contributed by atoms with E-state index in [9.17, 15) is 8.42 Å². The fourth-order valence-electron chi connectivity index (χ4n) is 2.49. The Morgan fingerprint density at radius 3 is 2.79 bits per heavy atom. The van der Waals surface area contributed by atoms with E-state index in [1.54, 1.807) is 22.5 Å². The third kappa shape index (κ3) is 3.37. The summed E-state index contributed by atoms with van der Waals surface area (Å²) in [6.07, 6.45) is 1.87. The topological polar surface area (TPSA) is 40.6 Å². The molecule has 0 spiro atoms. The maximum Gasteiger partial charge on any atom is 0.243 e. The summed E-state index contributed by atoms with van der Waals surface area (Å²) in [4.78, 5) is 2.41. The van der Waals surface area contributed by atoms with Gasteiger partial charge in [0.25, 0.3) is 0 Å². The summed E-state index contributed by atoms with van der Waals surface area (Å²) >= 11 is 3.33. The number of rotatable bonds is 4. The van der Waals surface area contributed by atoms with Gasteiger partial charge in [-0.25, -0.2) is 8.42 Å². The largest absolute Gasteiger partial charge is 0.308 e. The van der Waals surface area contributed by atoms with Crippen LogP contribution in [-0.4, -0.2) is 50.8 Å². The van der Waals surface area contributed by atoms with Crippen LogP contribution in [0.2, 0.25) is 0 Å². The van der Waals surface area contributed by atoms with Gasteiger partial charge in [0.05, 0.1) is 4.90 Å². The molecule has 1 heterocycles. The van der Waals surface area contributed by atoms with Gasteiger partial charge in [0.2, 0.25) is 10.0 Å². The Morgan fingerprint density at radius 1 is 1.42 bits per heavy atom. The highest BCUT2D eigenvalue weighted by Crippen LogP contribution is 2.27. The lowest BCUT2D eigenvalue weighted by atomic mass is 10.2. The highest BCUT2D eigenvalue weighted by Gasteiger charge is 2.35. The summed E-state index contributed by atoms with van der Waals surface area (Å²) in [6.45, 7) is 1.39. The molecule has 0 radical (unpaired) electrons. The minimum Gasteiger partial charge on any atom is -0.308 e. The lowest BCUT2D eigenvalue weighted by Gasteiger charge is -2.26. The molecule has 2 rings (SSSR count). The zero-order valence-electron chi connectivity index (χ0n) is 11.2. The molecule has 0 aromatic heterocycles. The summed E-state index contributed by atoms with van der Waals surface area (Å²) < 4.78 is 27.8. The van der Waals surface area contributed by atoms with Gasteiger partial charge < -0.3 is 4.90 Å². The van der Waals surface area contributed by atoms with Crippen LogP contribution in [0.5, 0.6) is 0 Å². The Morgan fingerprint density at radius 2 is 2.16 bits per heavy atom. The number of benzene rings is 1. The molecule has 4 nitrogen and oxygen atoms in total. The van der Waals surface area contributed by atoms with Crippen molar-refractivity contribution >= 4 is 26.0 Å². The van der Waals surface area contributed by atoms with E-state index in [1.807, 2.05) is 25.1 Å². The van der Waals surface area contributed by atoms with Gasteiger partial charge in [0, 0.05) is 23.6 Å². The van der Waals surface area contributed by atoms with Crippen molar-refractivity contribution in [2.45, 2.75) is 23.8 Å². The van der Waals surface area contributed by atoms with E-state index in [2.05, 4.69) is 15.9 Å². The van der Waals surface area contributed by atoms with Crippen molar-refractivity contribution in [3.8, 4) is 0 Å². The van der Waals surface area contributed by atoms with Crippen LogP contribution in [0.15, 0.2) is 33.6 Å². The monoisotopic (exact) mass is 346 g/mol. The Kier molecular flexibility index (Phi) is 4.66. The molecule has 1 atom stereocenters. The molecular weight excluding hydrogens is 328 g/mol. The summed E-state index contributed by atoms with van der Waals surface area (Å²) in [5.74, 6) is 0. The van der Waals surface area contributed by atoms with Crippen LogP contribution < -0.4 is 0 Å². The smallest absolute Gasteiger partial charge is 0.243 e. The van der Waals surface area contributed by atoms with Gasteiger partial charge in [-0.1, -0.05) is 22.0 Å². The Balaban J connectivity index is 2.28. The highest BCUT2D eigenvalue weighted by atomic mass is 79.9. The first-order valence-corrected chi connectivity index (χ1v) is 8.57. The predicted octanol–water partition coefficient (Wildman–Crippen LogP) is 2.16. The Bertz CT molecular complexity index is 545. The minimum atomic E-state index is -3.38. The second kappa shape index (κ2) is 5.91. The number of hydrogen-bond acceptors (Lipinski definition) is 3. The molecule has 0 amide bonds. The molecule has 0 saturated carbocycles. The zero-order valence-corrected chi connectivity index (χ0v) is 13.6. The lowest BCUT2D eigenvalue weighted by Crippen LogP contribution is -2.41. The van der Waals surface area contributed by atoms with Gasteiger partial charge in [-0.15, -0.1) is 0 Å². The number of likely N-dealkylation sites (N-methyl/N-ethyl adjacent to an activating group) is 1. The lowest BCUT2D eigenvalue weighted by molar-refractivity contribution is 0.291. The molecule has 1 aliphatic heterocycles. The molecule has 1 fully saturated rings. The van der Waals surface area contributed by atoms with Gasteiger partial charge in [0.1, 0.15) is 0 Å². The third-order valence-corrected chi connectivity index (χ3v) is 5.74. The highest BCUT2D eigenvalue weighted by molar-refractivity contribution is 9.10. The van der Waals surface area contributed by atoms with Gasteiger partial charge in [0.15, 0.2) is 0 Å². The Hall–Kier alpha value is -0.430. The molecule has 6 heteroatoms. The fourth-order valence-corrected chi connectivity index (χ4v) is 4.77. The van der Waals surface area contributed by atoms with Crippen LogP contribution in [0.4, 0.5) is 0 Å². The maximum absolute atomic E-state index is 12.7. The van der Waals surface area contributed by atoms with Crippen molar-refractivity contribution in [3.63, 3.8) is 0 Å². The second-order valence-electron chi connectivity index (χ2n) is 5.13. The minimum absolute atomic E-state index is 0.0824. The van der Waals surface area contributed by atoms with Crippen LogP contribution in [0.3, 0.4) is 0 Å². The quantitative estimate of drug-likeness (QED) is 0.838. The number of nitrogens with zero attached hydrogens (tertiary/aromatic N) is 2. The summed E-state index contributed by atoms with van der Waals surface area (Å²) in [5.41, 5.74) is 0. The molecule has 1 aromatic rings. The first-order chi connectivity index (χ1) is 8.91. The van der Waals surface area contributed by atoms with Gasteiger partial charge >= 0.3 is 0 Å². The van der Waals surface area contributed by atoms with Crippen molar-refractivity contribution < 1.29 is 8.42 Å². The second-order valence-corrected chi connectivity index (χ2v) is 7.94. The summed E-state index contributed by atoms with van der Waals surface area (Å²) in [5, 5.41) is 0.